The van der Waals surface area contributed by atoms with E-state index < -0.39 is 0 Å². The van der Waals surface area contributed by atoms with Crippen molar-refractivity contribution in [3.63, 3.8) is 0 Å². The minimum Gasteiger partial charge on any atom is -0.454 e. The maximum absolute atomic E-state index is 6.02. The van der Waals surface area contributed by atoms with E-state index in [2.05, 4.69) is 36.5 Å². The number of hydrogen-bond donors (Lipinski definition) is 1. The number of ether oxygens (including phenoxy) is 2. The lowest BCUT2D eigenvalue weighted by atomic mass is 9.71. The van der Waals surface area contributed by atoms with E-state index in [1.54, 1.807) is 0 Å². The molecule has 120 valence electrons. The van der Waals surface area contributed by atoms with Gasteiger partial charge in [0.2, 0.25) is 6.79 Å². The number of fused-ring (bicyclic) bond motifs is 1. The maximum Gasteiger partial charge on any atom is 0.231 e. The number of halogens is 1. The Bertz CT molecular complexity index is 723. The van der Waals surface area contributed by atoms with Crippen molar-refractivity contribution < 1.29 is 9.47 Å². The van der Waals surface area contributed by atoms with Crippen molar-refractivity contribution in [2.45, 2.75) is 38.3 Å². The van der Waals surface area contributed by atoms with Gasteiger partial charge in [0.05, 0.1) is 0 Å². The highest BCUT2D eigenvalue weighted by molar-refractivity contribution is 6.30. The number of rotatable bonds is 4. The van der Waals surface area contributed by atoms with Gasteiger partial charge in [-0.05, 0) is 67.1 Å². The van der Waals surface area contributed by atoms with E-state index in [9.17, 15) is 0 Å². The lowest BCUT2D eigenvalue weighted by Crippen LogP contribution is -2.47. The van der Waals surface area contributed by atoms with E-state index in [-0.39, 0.29) is 5.54 Å². The van der Waals surface area contributed by atoms with Gasteiger partial charge in [-0.15, -0.1) is 0 Å². The van der Waals surface area contributed by atoms with Crippen LogP contribution in [0.1, 0.15) is 36.0 Å². The zero-order chi connectivity index (χ0) is 15.9. The third-order valence-corrected chi connectivity index (χ3v) is 5.30. The summed E-state index contributed by atoms with van der Waals surface area (Å²) in [6.07, 6.45) is 3.59. The normalized spacial score (nSPS) is 17.8. The summed E-state index contributed by atoms with van der Waals surface area (Å²) in [6, 6.07) is 12.4. The zero-order valence-corrected chi connectivity index (χ0v) is 14.0. The van der Waals surface area contributed by atoms with E-state index in [0.717, 1.165) is 35.9 Å². The molecule has 0 atom stereocenters. The van der Waals surface area contributed by atoms with Crippen LogP contribution in [0.25, 0.3) is 0 Å². The van der Waals surface area contributed by atoms with Crippen LogP contribution >= 0.6 is 11.6 Å². The lowest BCUT2D eigenvalue weighted by Gasteiger charge is -2.43. The molecule has 0 aromatic heterocycles. The van der Waals surface area contributed by atoms with Crippen molar-refractivity contribution in [2.75, 3.05) is 6.79 Å². The summed E-state index contributed by atoms with van der Waals surface area (Å²) in [5.41, 5.74) is 3.89. The molecule has 0 saturated heterocycles. The lowest BCUT2D eigenvalue weighted by molar-refractivity contribution is 0.173. The minimum absolute atomic E-state index is 0.0768. The fourth-order valence-corrected chi connectivity index (χ4v) is 3.53. The number of aryl methyl sites for hydroxylation is 1. The Hall–Kier alpha value is -1.71. The molecule has 1 aliphatic carbocycles. The van der Waals surface area contributed by atoms with Crippen molar-refractivity contribution >= 4 is 11.6 Å². The summed E-state index contributed by atoms with van der Waals surface area (Å²) in [5, 5.41) is 4.56. The molecule has 23 heavy (non-hydrogen) atoms. The van der Waals surface area contributed by atoms with Crippen LogP contribution < -0.4 is 14.8 Å². The monoisotopic (exact) mass is 329 g/mol. The van der Waals surface area contributed by atoms with Crippen LogP contribution in [-0.4, -0.2) is 6.79 Å². The highest BCUT2D eigenvalue weighted by Gasteiger charge is 2.38. The van der Waals surface area contributed by atoms with Gasteiger partial charge in [-0.25, -0.2) is 0 Å². The molecule has 0 bridgehead atoms. The second-order valence-electron chi connectivity index (χ2n) is 6.43. The van der Waals surface area contributed by atoms with Gasteiger partial charge in [-0.1, -0.05) is 23.7 Å². The van der Waals surface area contributed by atoms with Crippen LogP contribution in [-0.2, 0) is 12.1 Å². The number of benzene rings is 2. The summed E-state index contributed by atoms with van der Waals surface area (Å²) in [7, 11) is 0. The van der Waals surface area contributed by atoms with Crippen LogP contribution in [0.5, 0.6) is 11.5 Å². The molecule has 1 saturated carbocycles. The van der Waals surface area contributed by atoms with E-state index in [1.165, 1.54) is 23.1 Å². The van der Waals surface area contributed by atoms with E-state index >= 15 is 0 Å². The van der Waals surface area contributed by atoms with Crippen molar-refractivity contribution in [2.24, 2.45) is 0 Å². The molecule has 0 unspecified atom stereocenters. The maximum atomic E-state index is 6.02. The van der Waals surface area contributed by atoms with Gasteiger partial charge in [0, 0.05) is 17.1 Å². The Morgan fingerprint density at radius 2 is 1.78 bits per heavy atom. The van der Waals surface area contributed by atoms with Crippen LogP contribution in [0.4, 0.5) is 0 Å². The van der Waals surface area contributed by atoms with E-state index in [0.29, 0.717) is 6.79 Å². The Morgan fingerprint density at radius 3 is 2.43 bits per heavy atom. The smallest absolute Gasteiger partial charge is 0.231 e. The molecule has 2 aromatic rings. The largest absolute Gasteiger partial charge is 0.454 e. The molecule has 1 heterocycles. The minimum atomic E-state index is 0.0768. The first-order valence-electron chi connectivity index (χ1n) is 8.06. The Balaban J connectivity index is 1.54. The molecule has 3 nitrogen and oxygen atoms in total. The second kappa shape index (κ2) is 5.73. The molecule has 2 aromatic carbocycles. The number of nitrogens with one attached hydrogen (secondary N) is 1. The molecular formula is C19H20ClNO2. The summed E-state index contributed by atoms with van der Waals surface area (Å²) in [5.74, 6) is 1.70. The Morgan fingerprint density at radius 1 is 1.09 bits per heavy atom. The fraction of sp³-hybridized carbons (Fsp3) is 0.368. The van der Waals surface area contributed by atoms with Gasteiger partial charge in [0.1, 0.15) is 0 Å². The molecule has 2 aliphatic rings. The number of hydrogen-bond acceptors (Lipinski definition) is 3. The SMILES string of the molecule is Cc1cc2c(cc1CNC1(c3ccc(Cl)cc3)CCC1)OCO2. The molecule has 0 radical (unpaired) electrons. The third kappa shape index (κ3) is 2.68. The van der Waals surface area contributed by atoms with Crippen molar-refractivity contribution in [1.82, 2.24) is 5.32 Å². The predicted octanol–water partition coefficient (Wildman–Crippen LogP) is 4.55. The van der Waals surface area contributed by atoms with Crippen LogP contribution in [0.2, 0.25) is 5.02 Å². The highest BCUT2D eigenvalue weighted by atomic mass is 35.5. The molecule has 1 aliphatic heterocycles. The predicted molar refractivity (Wildman–Crippen MR) is 91.1 cm³/mol. The van der Waals surface area contributed by atoms with Gasteiger partial charge >= 0.3 is 0 Å². The first kappa shape index (κ1) is 14.9. The summed E-state index contributed by atoms with van der Waals surface area (Å²) in [4.78, 5) is 0. The fourth-order valence-electron chi connectivity index (χ4n) is 3.41. The topological polar surface area (TPSA) is 30.5 Å². The zero-order valence-electron chi connectivity index (χ0n) is 13.2. The van der Waals surface area contributed by atoms with Crippen molar-refractivity contribution in [1.29, 1.82) is 0 Å². The highest BCUT2D eigenvalue weighted by Crippen LogP contribution is 2.42. The van der Waals surface area contributed by atoms with Gasteiger partial charge in [0.25, 0.3) is 0 Å². The summed E-state index contributed by atoms with van der Waals surface area (Å²) in [6.45, 7) is 3.26. The Labute approximate surface area is 141 Å². The van der Waals surface area contributed by atoms with Crippen LogP contribution in [0, 0.1) is 6.92 Å². The van der Waals surface area contributed by atoms with E-state index in [4.69, 9.17) is 21.1 Å². The van der Waals surface area contributed by atoms with Crippen molar-refractivity contribution in [3.8, 4) is 11.5 Å². The van der Waals surface area contributed by atoms with Gasteiger partial charge in [-0.2, -0.15) is 0 Å². The summed E-state index contributed by atoms with van der Waals surface area (Å²) < 4.78 is 10.9. The summed E-state index contributed by atoms with van der Waals surface area (Å²) >= 11 is 6.02. The third-order valence-electron chi connectivity index (χ3n) is 5.05. The standard InChI is InChI=1S/C19H20ClNO2/c1-13-9-17-18(23-12-22-17)10-14(13)11-21-19(7-2-8-19)15-3-5-16(20)6-4-15/h3-6,9-10,21H,2,7-8,11-12H2,1H3. The molecule has 1 N–H and O–H groups in total. The van der Waals surface area contributed by atoms with Gasteiger partial charge in [-0.3, -0.25) is 0 Å². The van der Waals surface area contributed by atoms with Crippen LogP contribution in [0.3, 0.4) is 0 Å². The van der Waals surface area contributed by atoms with E-state index in [1.807, 2.05) is 12.1 Å². The van der Waals surface area contributed by atoms with Crippen LogP contribution in [0.15, 0.2) is 36.4 Å². The molecule has 0 amide bonds. The molecular weight excluding hydrogens is 310 g/mol. The molecule has 4 heteroatoms. The van der Waals surface area contributed by atoms with Gasteiger partial charge in [0.15, 0.2) is 11.5 Å². The average molecular weight is 330 g/mol. The Kier molecular flexibility index (Phi) is 3.70. The second-order valence-corrected chi connectivity index (χ2v) is 6.86. The first-order chi connectivity index (χ1) is 11.2. The molecule has 0 spiro atoms. The molecule has 1 fully saturated rings. The molecule has 4 rings (SSSR count). The average Bonchev–Trinajstić information content (AvgIpc) is 2.95. The first-order valence-corrected chi connectivity index (χ1v) is 8.44. The van der Waals surface area contributed by atoms with Crippen molar-refractivity contribution in [3.05, 3.63) is 58.1 Å². The van der Waals surface area contributed by atoms with Gasteiger partial charge < -0.3 is 14.8 Å². The quantitative estimate of drug-likeness (QED) is 0.892.